The van der Waals surface area contributed by atoms with Crippen LogP contribution in [0.5, 0.6) is 0 Å². The molecule has 0 saturated carbocycles. The summed E-state index contributed by atoms with van der Waals surface area (Å²) in [4.78, 5) is 24.6. The first-order valence-electron chi connectivity index (χ1n) is 36.1. The molecule has 6 nitrogen and oxygen atoms in total. The maximum atomic E-state index is 12.5. The zero-order valence-corrected chi connectivity index (χ0v) is 53.6. The normalized spacial score (nSPS) is 12.6. The van der Waals surface area contributed by atoms with Crippen LogP contribution in [0.15, 0.2) is 24.3 Å². The summed E-state index contributed by atoms with van der Waals surface area (Å²) >= 11 is 0. The standard InChI is InChI=1S/C73H141NO5/c1-3-5-7-9-11-13-15-17-19-21-34-37-41-45-49-53-57-61-65-71(76)70(69-75)74-72(77)66-62-58-54-50-46-42-38-35-31-29-27-25-23-22-24-26-28-30-32-36-40-44-48-52-56-60-64-68-79-73(78)67-63-59-55-51-47-43-39-33-20-18-16-14-12-10-8-6-4-2/h22-23,61,65,70-71,75-76H,3-21,24-60,62-64,66-69H2,1-2H3,(H,74,77)/b23-22-,65-61+. The van der Waals surface area contributed by atoms with E-state index in [2.05, 4.69) is 31.3 Å². The van der Waals surface area contributed by atoms with Gasteiger partial charge >= 0.3 is 5.97 Å². The van der Waals surface area contributed by atoms with Crippen molar-refractivity contribution in [2.45, 2.75) is 418 Å². The summed E-state index contributed by atoms with van der Waals surface area (Å²) in [6, 6.07) is -0.629. The van der Waals surface area contributed by atoms with E-state index in [0.29, 0.717) is 19.4 Å². The van der Waals surface area contributed by atoms with E-state index in [4.69, 9.17) is 4.74 Å². The van der Waals surface area contributed by atoms with Crippen LogP contribution in [0.3, 0.4) is 0 Å². The molecule has 468 valence electrons. The second kappa shape index (κ2) is 68.8. The van der Waals surface area contributed by atoms with E-state index in [1.54, 1.807) is 6.08 Å². The number of nitrogens with one attached hydrogen (secondary N) is 1. The Bertz CT molecular complexity index is 1230. The third-order valence-corrected chi connectivity index (χ3v) is 17.0. The Balaban J connectivity index is 3.39. The fraction of sp³-hybridized carbons (Fsp3) is 0.918. The summed E-state index contributed by atoms with van der Waals surface area (Å²) in [5.74, 6) is -0.0458. The molecule has 0 heterocycles. The van der Waals surface area contributed by atoms with Crippen molar-refractivity contribution in [3.63, 3.8) is 0 Å². The molecule has 0 fully saturated rings. The second-order valence-corrected chi connectivity index (χ2v) is 24.9. The Morgan fingerprint density at radius 3 is 0.899 bits per heavy atom. The number of allylic oxidation sites excluding steroid dienone is 3. The highest BCUT2D eigenvalue weighted by Gasteiger charge is 2.18. The Kier molecular flexibility index (Phi) is 67.4. The molecule has 2 atom stereocenters. The van der Waals surface area contributed by atoms with Gasteiger partial charge in [0.2, 0.25) is 5.91 Å². The Labute approximate surface area is 494 Å². The van der Waals surface area contributed by atoms with E-state index in [9.17, 15) is 19.8 Å². The van der Waals surface area contributed by atoms with Gasteiger partial charge in [0, 0.05) is 12.8 Å². The molecule has 6 heteroatoms. The minimum absolute atomic E-state index is 0.0195. The lowest BCUT2D eigenvalue weighted by Crippen LogP contribution is -2.45. The van der Waals surface area contributed by atoms with Crippen molar-refractivity contribution in [1.82, 2.24) is 5.32 Å². The molecule has 0 aliphatic rings. The van der Waals surface area contributed by atoms with Gasteiger partial charge in [0.1, 0.15) is 0 Å². The van der Waals surface area contributed by atoms with Gasteiger partial charge in [-0.3, -0.25) is 9.59 Å². The number of amides is 1. The van der Waals surface area contributed by atoms with Crippen LogP contribution in [-0.4, -0.2) is 47.4 Å². The van der Waals surface area contributed by atoms with Crippen molar-refractivity contribution in [3.8, 4) is 0 Å². The highest BCUT2D eigenvalue weighted by Crippen LogP contribution is 2.19. The molecule has 2 unspecified atom stereocenters. The van der Waals surface area contributed by atoms with Crippen LogP contribution >= 0.6 is 0 Å². The minimum Gasteiger partial charge on any atom is -0.466 e. The quantitative estimate of drug-likeness (QED) is 0.0320. The number of esters is 1. The number of aliphatic hydroxyl groups excluding tert-OH is 2. The Morgan fingerprint density at radius 1 is 0.342 bits per heavy atom. The lowest BCUT2D eigenvalue weighted by Gasteiger charge is -2.20. The number of aliphatic hydroxyl groups is 2. The monoisotopic (exact) mass is 1110 g/mol. The third-order valence-electron chi connectivity index (χ3n) is 17.0. The average Bonchev–Trinajstić information content (AvgIpc) is 3.45. The molecule has 0 bridgehead atoms. The summed E-state index contributed by atoms with van der Waals surface area (Å²) in [5, 5.41) is 23.2. The van der Waals surface area contributed by atoms with Crippen LogP contribution in [0.1, 0.15) is 406 Å². The van der Waals surface area contributed by atoms with Gasteiger partial charge in [0.05, 0.1) is 25.4 Å². The summed E-state index contributed by atoms with van der Waals surface area (Å²) < 4.78 is 5.51. The van der Waals surface area contributed by atoms with Gasteiger partial charge in [-0.2, -0.15) is 0 Å². The van der Waals surface area contributed by atoms with E-state index in [1.165, 1.54) is 340 Å². The first-order valence-corrected chi connectivity index (χ1v) is 36.1. The molecule has 0 aliphatic carbocycles. The van der Waals surface area contributed by atoms with Crippen molar-refractivity contribution in [3.05, 3.63) is 24.3 Å². The highest BCUT2D eigenvalue weighted by molar-refractivity contribution is 5.76. The predicted octanol–water partition coefficient (Wildman–Crippen LogP) is 23.3. The predicted molar refractivity (Wildman–Crippen MR) is 347 cm³/mol. The number of carbonyl (C=O) groups is 2. The molecule has 1 amide bonds. The molecule has 3 N–H and O–H groups in total. The maximum Gasteiger partial charge on any atom is 0.305 e. The minimum atomic E-state index is -0.845. The maximum absolute atomic E-state index is 12.5. The largest absolute Gasteiger partial charge is 0.466 e. The lowest BCUT2D eigenvalue weighted by atomic mass is 10.0. The number of carbonyl (C=O) groups excluding carboxylic acids is 2. The number of unbranched alkanes of at least 4 members (excludes halogenated alkanes) is 55. The first kappa shape index (κ1) is 77.3. The third kappa shape index (κ3) is 65.4. The van der Waals surface area contributed by atoms with Crippen molar-refractivity contribution in [1.29, 1.82) is 0 Å². The van der Waals surface area contributed by atoms with Crippen LogP contribution in [0, 0.1) is 0 Å². The van der Waals surface area contributed by atoms with Crippen LogP contribution in [0.4, 0.5) is 0 Å². The van der Waals surface area contributed by atoms with E-state index >= 15 is 0 Å². The molecule has 0 aromatic rings. The SMILES string of the molecule is CCCCCCCCCCCCCCCCCC/C=C/C(O)C(CO)NC(=O)CCCCCCCCCCCCC/C=C\CCCCCCCCCCCCCCOC(=O)CCCCCCCCCCCCCCCCCCC. The molecular formula is C73H141NO5. The summed E-state index contributed by atoms with van der Waals surface area (Å²) in [5.41, 5.74) is 0. The van der Waals surface area contributed by atoms with Gasteiger partial charge in [-0.15, -0.1) is 0 Å². The van der Waals surface area contributed by atoms with E-state index in [1.807, 2.05) is 6.08 Å². The fourth-order valence-corrected chi connectivity index (χ4v) is 11.5. The summed E-state index contributed by atoms with van der Waals surface area (Å²) in [6.07, 6.45) is 86.9. The van der Waals surface area contributed by atoms with Gasteiger partial charge in [-0.25, -0.2) is 0 Å². The fourth-order valence-electron chi connectivity index (χ4n) is 11.5. The summed E-state index contributed by atoms with van der Waals surface area (Å²) in [6.45, 7) is 4.95. The molecular weight excluding hydrogens is 971 g/mol. The molecule has 79 heavy (non-hydrogen) atoms. The molecule has 0 saturated heterocycles. The zero-order valence-electron chi connectivity index (χ0n) is 53.6. The number of hydrogen-bond acceptors (Lipinski definition) is 5. The lowest BCUT2D eigenvalue weighted by molar-refractivity contribution is -0.143. The molecule has 0 radical (unpaired) electrons. The van der Waals surface area contributed by atoms with E-state index in [-0.39, 0.29) is 18.5 Å². The molecule has 0 spiro atoms. The number of rotatable bonds is 68. The van der Waals surface area contributed by atoms with E-state index < -0.39 is 12.1 Å². The topological polar surface area (TPSA) is 95.9 Å². The van der Waals surface area contributed by atoms with Gasteiger partial charge in [0.25, 0.3) is 0 Å². The van der Waals surface area contributed by atoms with Crippen molar-refractivity contribution >= 4 is 11.9 Å². The smallest absolute Gasteiger partial charge is 0.305 e. The molecule has 0 aromatic heterocycles. The van der Waals surface area contributed by atoms with Gasteiger partial charge in [0.15, 0.2) is 0 Å². The van der Waals surface area contributed by atoms with Gasteiger partial charge in [-0.1, -0.05) is 359 Å². The molecule has 0 aliphatic heterocycles. The van der Waals surface area contributed by atoms with Crippen molar-refractivity contribution < 1.29 is 24.5 Å². The second-order valence-electron chi connectivity index (χ2n) is 24.9. The number of hydrogen-bond donors (Lipinski definition) is 3. The van der Waals surface area contributed by atoms with Crippen molar-refractivity contribution in [2.24, 2.45) is 0 Å². The van der Waals surface area contributed by atoms with Gasteiger partial charge in [-0.05, 0) is 57.8 Å². The van der Waals surface area contributed by atoms with Gasteiger partial charge < -0.3 is 20.3 Å². The first-order chi connectivity index (χ1) is 39.0. The Morgan fingerprint density at radius 2 is 0.595 bits per heavy atom. The van der Waals surface area contributed by atoms with Crippen molar-refractivity contribution in [2.75, 3.05) is 13.2 Å². The molecule has 0 rings (SSSR count). The van der Waals surface area contributed by atoms with Crippen LogP contribution in [-0.2, 0) is 14.3 Å². The Hall–Kier alpha value is -1.66. The van der Waals surface area contributed by atoms with Crippen LogP contribution < -0.4 is 5.32 Å². The molecule has 0 aromatic carbocycles. The summed E-state index contributed by atoms with van der Waals surface area (Å²) in [7, 11) is 0. The zero-order chi connectivity index (χ0) is 57.1. The average molecular weight is 1110 g/mol. The van der Waals surface area contributed by atoms with E-state index in [0.717, 1.165) is 38.5 Å². The van der Waals surface area contributed by atoms with Crippen LogP contribution in [0.2, 0.25) is 0 Å². The highest BCUT2D eigenvalue weighted by atomic mass is 16.5. The number of ether oxygens (including phenoxy) is 1. The van der Waals surface area contributed by atoms with Crippen LogP contribution in [0.25, 0.3) is 0 Å².